The molecule has 0 fully saturated rings. The summed E-state index contributed by atoms with van der Waals surface area (Å²) in [6, 6.07) is 12.3. The van der Waals surface area contributed by atoms with Crippen LogP contribution in [0.15, 0.2) is 57.9 Å². The first kappa shape index (κ1) is 12.9. The average Bonchev–Trinajstić information content (AvgIpc) is 2.32. The number of phenolic OH excluding ortho intramolecular Hbond substituents is 1. The molecule has 6 heteroatoms. The SMILES string of the molecule is O=S(=O)(Nc1ccc(Br)cc1)c1cccc(O)c1. The van der Waals surface area contributed by atoms with Gasteiger partial charge in [-0.15, -0.1) is 0 Å². The Morgan fingerprint density at radius 3 is 2.33 bits per heavy atom. The van der Waals surface area contributed by atoms with Crippen LogP contribution in [0.25, 0.3) is 0 Å². The highest BCUT2D eigenvalue weighted by Crippen LogP contribution is 2.20. The third-order valence-corrected chi connectivity index (χ3v) is 4.13. The lowest BCUT2D eigenvalue weighted by molar-refractivity contribution is 0.473. The van der Waals surface area contributed by atoms with Gasteiger partial charge in [0, 0.05) is 16.2 Å². The summed E-state index contributed by atoms with van der Waals surface area (Å²) in [4.78, 5) is 0.0189. The molecule has 0 spiro atoms. The van der Waals surface area contributed by atoms with E-state index >= 15 is 0 Å². The van der Waals surface area contributed by atoms with Gasteiger partial charge in [0.25, 0.3) is 10.0 Å². The summed E-state index contributed by atoms with van der Waals surface area (Å²) in [5, 5.41) is 9.28. The summed E-state index contributed by atoms with van der Waals surface area (Å²) >= 11 is 3.27. The van der Waals surface area contributed by atoms with Crippen LogP contribution in [0.2, 0.25) is 0 Å². The highest BCUT2D eigenvalue weighted by atomic mass is 79.9. The third-order valence-electron chi connectivity index (χ3n) is 2.22. The van der Waals surface area contributed by atoms with E-state index < -0.39 is 10.0 Å². The molecule has 2 aromatic rings. The molecule has 0 aliphatic carbocycles. The summed E-state index contributed by atoms with van der Waals surface area (Å²) < 4.78 is 27.3. The average molecular weight is 328 g/mol. The molecular weight excluding hydrogens is 318 g/mol. The third kappa shape index (κ3) is 3.02. The van der Waals surface area contributed by atoms with Crippen molar-refractivity contribution in [2.24, 2.45) is 0 Å². The largest absolute Gasteiger partial charge is 0.508 e. The normalized spacial score (nSPS) is 11.2. The van der Waals surface area contributed by atoms with Gasteiger partial charge in [0.1, 0.15) is 5.75 Å². The Morgan fingerprint density at radius 1 is 1.06 bits per heavy atom. The molecule has 0 unspecified atom stereocenters. The number of halogens is 1. The van der Waals surface area contributed by atoms with Gasteiger partial charge in [-0.2, -0.15) is 0 Å². The van der Waals surface area contributed by atoms with Gasteiger partial charge in [-0.3, -0.25) is 4.72 Å². The van der Waals surface area contributed by atoms with E-state index in [-0.39, 0.29) is 10.6 Å². The molecule has 0 amide bonds. The number of phenols is 1. The fraction of sp³-hybridized carbons (Fsp3) is 0. The van der Waals surface area contributed by atoms with Crippen LogP contribution in [0.1, 0.15) is 0 Å². The molecule has 18 heavy (non-hydrogen) atoms. The first-order valence-electron chi connectivity index (χ1n) is 5.05. The molecule has 0 aliphatic heterocycles. The number of hydrogen-bond acceptors (Lipinski definition) is 3. The van der Waals surface area contributed by atoms with E-state index in [0.29, 0.717) is 5.69 Å². The van der Waals surface area contributed by atoms with E-state index in [1.54, 1.807) is 24.3 Å². The minimum atomic E-state index is -3.67. The number of aromatic hydroxyl groups is 1. The Kier molecular flexibility index (Phi) is 3.58. The molecule has 0 aromatic heterocycles. The maximum atomic E-state index is 12.0. The zero-order valence-electron chi connectivity index (χ0n) is 9.17. The lowest BCUT2D eigenvalue weighted by atomic mass is 10.3. The van der Waals surface area contributed by atoms with E-state index in [1.165, 1.54) is 24.3 Å². The van der Waals surface area contributed by atoms with E-state index in [0.717, 1.165) is 4.47 Å². The van der Waals surface area contributed by atoms with Crippen molar-refractivity contribution >= 4 is 31.6 Å². The minimum absolute atomic E-state index is 0.0189. The van der Waals surface area contributed by atoms with Gasteiger partial charge in [-0.1, -0.05) is 22.0 Å². The second kappa shape index (κ2) is 4.99. The van der Waals surface area contributed by atoms with E-state index in [2.05, 4.69) is 20.7 Å². The van der Waals surface area contributed by atoms with Crippen LogP contribution >= 0.6 is 15.9 Å². The Morgan fingerprint density at radius 2 is 1.72 bits per heavy atom. The van der Waals surface area contributed by atoms with Crippen LogP contribution in [-0.2, 0) is 10.0 Å². The number of nitrogens with one attached hydrogen (secondary N) is 1. The summed E-state index contributed by atoms with van der Waals surface area (Å²) in [6.45, 7) is 0. The van der Waals surface area contributed by atoms with Crippen LogP contribution < -0.4 is 4.72 Å². The standard InChI is InChI=1S/C12H10BrNO3S/c13-9-4-6-10(7-5-9)14-18(16,17)12-3-1-2-11(15)8-12/h1-8,14-15H. The van der Waals surface area contributed by atoms with Crippen LogP contribution in [0.3, 0.4) is 0 Å². The van der Waals surface area contributed by atoms with Crippen molar-refractivity contribution < 1.29 is 13.5 Å². The lowest BCUT2D eigenvalue weighted by Crippen LogP contribution is -2.12. The number of benzene rings is 2. The molecule has 0 saturated heterocycles. The number of sulfonamides is 1. The maximum absolute atomic E-state index is 12.0. The molecule has 2 N–H and O–H groups in total. The minimum Gasteiger partial charge on any atom is -0.508 e. The molecule has 94 valence electrons. The van der Waals surface area contributed by atoms with Gasteiger partial charge >= 0.3 is 0 Å². The summed E-state index contributed by atoms with van der Waals surface area (Å²) in [7, 11) is -3.67. The first-order chi connectivity index (χ1) is 8.47. The summed E-state index contributed by atoms with van der Waals surface area (Å²) in [5.74, 6) is -0.0892. The molecule has 0 bridgehead atoms. The van der Waals surface area contributed by atoms with Crippen LogP contribution in [0.5, 0.6) is 5.75 Å². The van der Waals surface area contributed by atoms with Crippen LogP contribution in [-0.4, -0.2) is 13.5 Å². The van der Waals surface area contributed by atoms with Gasteiger partial charge in [0.05, 0.1) is 4.90 Å². The maximum Gasteiger partial charge on any atom is 0.262 e. The summed E-state index contributed by atoms with van der Waals surface area (Å²) in [5.41, 5.74) is 0.460. The van der Waals surface area contributed by atoms with Crippen molar-refractivity contribution in [2.45, 2.75) is 4.90 Å². The monoisotopic (exact) mass is 327 g/mol. The zero-order valence-corrected chi connectivity index (χ0v) is 11.6. The van der Waals surface area contributed by atoms with Gasteiger partial charge in [0.2, 0.25) is 0 Å². The molecule has 0 atom stereocenters. The Balaban J connectivity index is 2.30. The summed E-state index contributed by atoms with van der Waals surface area (Å²) in [6.07, 6.45) is 0. The van der Waals surface area contributed by atoms with Crippen LogP contribution in [0.4, 0.5) is 5.69 Å². The van der Waals surface area contributed by atoms with Gasteiger partial charge in [-0.25, -0.2) is 8.42 Å². The molecule has 4 nitrogen and oxygen atoms in total. The molecule has 0 radical (unpaired) electrons. The smallest absolute Gasteiger partial charge is 0.262 e. The fourth-order valence-electron chi connectivity index (χ4n) is 1.38. The van der Waals surface area contributed by atoms with Gasteiger partial charge < -0.3 is 5.11 Å². The van der Waals surface area contributed by atoms with Crippen molar-refractivity contribution in [3.8, 4) is 5.75 Å². The number of hydrogen-bond donors (Lipinski definition) is 2. The topological polar surface area (TPSA) is 66.4 Å². The molecule has 2 aromatic carbocycles. The lowest BCUT2D eigenvalue weighted by Gasteiger charge is -2.08. The molecule has 0 aliphatic rings. The Hall–Kier alpha value is -1.53. The molecular formula is C12H10BrNO3S. The van der Waals surface area contributed by atoms with E-state index in [4.69, 9.17) is 0 Å². The van der Waals surface area contributed by atoms with E-state index in [9.17, 15) is 13.5 Å². The van der Waals surface area contributed by atoms with Crippen molar-refractivity contribution in [2.75, 3.05) is 4.72 Å². The number of rotatable bonds is 3. The number of anilines is 1. The second-order valence-corrected chi connectivity index (χ2v) is 6.21. The Bertz CT molecular complexity index is 653. The molecule has 0 saturated carbocycles. The van der Waals surface area contributed by atoms with Crippen molar-refractivity contribution in [1.29, 1.82) is 0 Å². The van der Waals surface area contributed by atoms with Crippen molar-refractivity contribution in [3.05, 3.63) is 53.0 Å². The van der Waals surface area contributed by atoms with Gasteiger partial charge in [0.15, 0.2) is 0 Å². The first-order valence-corrected chi connectivity index (χ1v) is 7.32. The second-order valence-electron chi connectivity index (χ2n) is 3.61. The highest BCUT2D eigenvalue weighted by Gasteiger charge is 2.14. The predicted octanol–water partition coefficient (Wildman–Crippen LogP) is 2.96. The predicted molar refractivity (Wildman–Crippen MR) is 73.1 cm³/mol. The van der Waals surface area contributed by atoms with E-state index in [1.807, 2.05) is 0 Å². The van der Waals surface area contributed by atoms with Crippen LogP contribution in [0, 0.1) is 0 Å². The zero-order chi connectivity index (χ0) is 13.2. The Labute approximate surface area is 113 Å². The quantitative estimate of drug-likeness (QED) is 0.910. The van der Waals surface area contributed by atoms with Crippen molar-refractivity contribution in [3.63, 3.8) is 0 Å². The highest BCUT2D eigenvalue weighted by molar-refractivity contribution is 9.10. The molecule has 2 rings (SSSR count). The fourth-order valence-corrected chi connectivity index (χ4v) is 2.74. The van der Waals surface area contributed by atoms with Crippen molar-refractivity contribution in [1.82, 2.24) is 0 Å². The van der Waals surface area contributed by atoms with Gasteiger partial charge in [-0.05, 0) is 36.4 Å². The molecule has 0 heterocycles.